The summed E-state index contributed by atoms with van der Waals surface area (Å²) in [5.41, 5.74) is 0.0345. The summed E-state index contributed by atoms with van der Waals surface area (Å²) in [6, 6.07) is 0.655. The Morgan fingerprint density at radius 2 is 1.75 bits per heavy atom. The maximum Gasteiger partial charge on any atom is 0.0613 e. The van der Waals surface area contributed by atoms with Gasteiger partial charge >= 0.3 is 0 Å². The number of nitrogens with one attached hydrogen (secondary N) is 1. The lowest BCUT2D eigenvalue weighted by Crippen LogP contribution is -2.55. The van der Waals surface area contributed by atoms with Gasteiger partial charge in [0.15, 0.2) is 0 Å². The molecular formula is C18H35NO. The molecule has 118 valence electrons. The molecule has 2 saturated carbocycles. The van der Waals surface area contributed by atoms with Crippen LogP contribution < -0.4 is 5.32 Å². The van der Waals surface area contributed by atoms with Crippen LogP contribution >= 0.6 is 0 Å². The fourth-order valence-corrected chi connectivity index (χ4v) is 4.53. The molecule has 0 radical (unpaired) electrons. The molecule has 0 aromatic carbocycles. The minimum atomic E-state index is 0.0345. The number of hydrogen-bond acceptors (Lipinski definition) is 2. The van der Waals surface area contributed by atoms with Gasteiger partial charge in [-0.3, -0.25) is 0 Å². The summed E-state index contributed by atoms with van der Waals surface area (Å²) < 4.78 is 0. The monoisotopic (exact) mass is 281 g/mol. The van der Waals surface area contributed by atoms with E-state index in [9.17, 15) is 5.11 Å². The molecule has 2 aliphatic carbocycles. The van der Waals surface area contributed by atoms with Crippen LogP contribution in [0.2, 0.25) is 0 Å². The van der Waals surface area contributed by atoms with Crippen molar-refractivity contribution in [1.29, 1.82) is 0 Å². The van der Waals surface area contributed by atoms with E-state index in [0.29, 0.717) is 12.6 Å². The van der Waals surface area contributed by atoms with Gasteiger partial charge in [0.1, 0.15) is 0 Å². The first-order valence-corrected chi connectivity index (χ1v) is 9.02. The zero-order chi connectivity index (χ0) is 14.4. The van der Waals surface area contributed by atoms with Gasteiger partial charge in [-0.15, -0.1) is 0 Å². The lowest BCUT2D eigenvalue weighted by molar-refractivity contribution is 0.0760. The summed E-state index contributed by atoms with van der Waals surface area (Å²) in [6.07, 6.45) is 14.5. The third-order valence-electron chi connectivity index (χ3n) is 5.42. The summed E-state index contributed by atoms with van der Waals surface area (Å²) in [6.45, 7) is 4.99. The molecule has 2 unspecified atom stereocenters. The van der Waals surface area contributed by atoms with E-state index in [4.69, 9.17) is 0 Å². The Morgan fingerprint density at radius 1 is 1.05 bits per heavy atom. The summed E-state index contributed by atoms with van der Waals surface area (Å²) in [7, 11) is 0. The van der Waals surface area contributed by atoms with Crippen LogP contribution in [0.3, 0.4) is 0 Å². The zero-order valence-electron chi connectivity index (χ0n) is 13.7. The first kappa shape index (κ1) is 16.3. The van der Waals surface area contributed by atoms with Gasteiger partial charge < -0.3 is 10.4 Å². The van der Waals surface area contributed by atoms with Crippen molar-refractivity contribution in [1.82, 2.24) is 5.32 Å². The molecule has 0 aromatic heterocycles. The van der Waals surface area contributed by atoms with E-state index in [0.717, 1.165) is 11.8 Å². The Labute approximate surface area is 125 Å². The highest BCUT2D eigenvalue weighted by Gasteiger charge is 2.37. The third kappa shape index (κ3) is 4.73. The van der Waals surface area contributed by atoms with E-state index in [2.05, 4.69) is 19.2 Å². The summed E-state index contributed by atoms with van der Waals surface area (Å²) in [4.78, 5) is 0. The molecule has 0 heterocycles. The minimum absolute atomic E-state index is 0.0345. The first-order chi connectivity index (χ1) is 9.63. The van der Waals surface area contributed by atoms with Crippen molar-refractivity contribution in [3.63, 3.8) is 0 Å². The second-order valence-corrected chi connectivity index (χ2v) is 7.86. The Bertz CT molecular complexity index is 271. The fraction of sp³-hybridized carbons (Fsp3) is 1.00. The van der Waals surface area contributed by atoms with Crippen molar-refractivity contribution < 1.29 is 5.11 Å². The quantitative estimate of drug-likeness (QED) is 0.738. The van der Waals surface area contributed by atoms with Gasteiger partial charge in [-0.25, -0.2) is 0 Å². The molecular weight excluding hydrogens is 246 g/mol. The van der Waals surface area contributed by atoms with Crippen LogP contribution in [0.15, 0.2) is 0 Å². The van der Waals surface area contributed by atoms with Crippen molar-refractivity contribution in [2.24, 2.45) is 11.8 Å². The van der Waals surface area contributed by atoms with Gasteiger partial charge in [0.05, 0.1) is 6.61 Å². The van der Waals surface area contributed by atoms with Crippen LogP contribution in [0.25, 0.3) is 0 Å². The molecule has 0 saturated heterocycles. The van der Waals surface area contributed by atoms with Crippen molar-refractivity contribution in [2.45, 2.75) is 96.1 Å². The highest BCUT2D eigenvalue weighted by atomic mass is 16.3. The van der Waals surface area contributed by atoms with E-state index < -0.39 is 0 Å². The zero-order valence-corrected chi connectivity index (χ0v) is 13.7. The molecule has 2 N–H and O–H groups in total. The average molecular weight is 281 g/mol. The van der Waals surface area contributed by atoms with Crippen LogP contribution in [0, 0.1) is 11.8 Å². The van der Waals surface area contributed by atoms with E-state index in [1.54, 1.807) is 0 Å². The van der Waals surface area contributed by atoms with Gasteiger partial charge in [0.25, 0.3) is 0 Å². The molecule has 2 rings (SSSR count). The van der Waals surface area contributed by atoms with Gasteiger partial charge in [-0.05, 0) is 43.9 Å². The predicted molar refractivity (Wildman–Crippen MR) is 85.9 cm³/mol. The topological polar surface area (TPSA) is 32.3 Å². The Morgan fingerprint density at radius 3 is 2.35 bits per heavy atom. The maximum absolute atomic E-state index is 10.0. The molecule has 2 nitrogen and oxygen atoms in total. The highest BCUT2D eigenvalue weighted by molar-refractivity contribution is 4.95. The number of rotatable bonds is 5. The Hall–Kier alpha value is -0.0800. The van der Waals surface area contributed by atoms with Crippen molar-refractivity contribution in [2.75, 3.05) is 6.61 Å². The first-order valence-electron chi connectivity index (χ1n) is 9.02. The predicted octanol–water partition coefficient (Wildman–Crippen LogP) is 4.27. The van der Waals surface area contributed by atoms with E-state index in [1.165, 1.54) is 70.6 Å². The van der Waals surface area contributed by atoms with Crippen LogP contribution in [-0.4, -0.2) is 23.3 Å². The smallest absolute Gasteiger partial charge is 0.0613 e. The van der Waals surface area contributed by atoms with Gasteiger partial charge in [-0.2, -0.15) is 0 Å². The second kappa shape index (κ2) is 7.79. The Balaban J connectivity index is 1.93. The van der Waals surface area contributed by atoms with Crippen LogP contribution in [-0.2, 0) is 0 Å². The lowest BCUT2D eigenvalue weighted by Gasteiger charge is -2.43. The molecule has 20 heavy (non-hydrogen) atoms. The second-order valence-electron chi connectivity index (χ2n) is 7.86. The van der Waals surface area contributed by atoms with Crippen LogP contribution in [0.1, 0.15) is 84.5 Å². The molecule has 2 heteroatoms. The van der Waals surface area contributed by atoms with Crippen molar-refractivity contribution >= 4 is 0 Å². The van der Waals surface area contributed by atoms with Gasteiger partial charge in [-0.1, -0.05) is 52.4 Å². The van der Waals surface area contributed by atoms with E-state index in [-0.39, 0.29) is 5.54 Å². The molecule has 0 aliphatic heterocycles. The van der Waals surface area contributed by atoms with Crippen LogP contribution in [0.4, 0.5) is 0 Å². The van der Waals surface area contributed by atoms with Crippen molar-refractivity contribution in [3.8, 4) is 0 Å². The summed E-state index contributed by atoms with van der Waals surface area (Å²) in [5, 5.41) is 13.9. The number of aliphatic hydroxyl groups excluding tert-OH is 1. The largest absolute Gasteiger partial charge is 0.394 e. The van der Waals surface area contributed by atoms with E-state index in [1.807, 2.05) is 0 Å². The molecule has 0 bridgehead atoms. The summed E-state index contributed by atoms with van der Waals surface area (Å²) in [5.74, 6) is 1.60. The highest BCUT2D eigenvalue weighted by Crippen LogP contribution is 2.36. The number of hydrogen-bond donors (Lipinski definition) is 2. The number of aliphatic hydroxyl groups is 1. The third-order valence-corrected chi connectivity index (χ3v) is 5.42. The molecule has 0 amide bonds. The van der Waals surface area contributed by atoms with Crippen LogP contribution in [0.5, 0.6) is 0 Å². The fourth-order valence-electron chi connectivity index (χ4n) is 4.53. The van der Waals surface area contributed by atoms with E-state index >= 15 is 0 Å². The minimum Gasteiger partial charge on any atom is -0.394 e. The maximum atomic E-state index is 10.0. The SMILES string of the molecule is CC(C)CC1CCCC(CO)(NC2CCCCCC2)C1. The average Bonchev–Trinajstić information content (AvgIpc) is 2.67. The summed E-state index contributed by atoms with van der Waals surface area (Å²) >= 11 is 0. The molecule has 0 aromatic rings. The lowest BCUT2D eigenvalue weighted by atomic mass is 9.73. The van der Waals surface area contributed by atoms with Gasteiger partial charge in [0.2, 0.25) is 0 Å². The normalized spacial score (nSPS) is 33.3. The Kier molecular flexibility index (Phi) is 6.35. The standard InChI is InChI=1S/C18H35NO/c1-15(2)12-16-8-7-11-18(13-16,14-20)19-17-9-5-3-4-6-10-17/h15-17,19-20H,3-14H2,1-2H3. The molecule has 2 atom stereocenters. The van der Waals surface area contributed by atoms with Gasteiger partial charge in [0, 0.05) is 11.6 Å². The molecule has 0 spiro atoms. The van der Waals surface area contributed by atoms with Crippen molar-refractivity contribution in [3.05, 3.63) is 0 Å². The molecule has 2 aliphatic rings. The molecule has 2 fully saturated rings.